The van der Waals surface area contributed by atoms with Crippen LogP contribution in [0.15, 0.2) is 67.3 Å². The number of aromatic nitrogens is 5. The molecule has 1 fully saturated rings. The minimum Gasteiger partial charge on any atom is -0.445 e. The standard InChI is InChI=1S/C32H29F3N8O3/c33-20-4-1-3-18(9-20)13-40-32(45)46-17-19-7-8-36-27(10-19)31(44)42-23-6-2-5-22(12-23)41-30-26(35)16-39-29(43-30)25-15-38-28-24(25)11-21(34)14-37-28/h1,3-4,7-11,14-16,22-23H,2,5-6,12-13,17H2,(H,37,38)(H,40,45)(H,42,44)(H,39,41,43)/t22-,23+/m1/s1. The van der Waals surface area contributed by atoms with Crippen LogP contribution in [0.1, 0.15) is 47.3 Å². The molecule has 1 aromatic carbocycles. The number of H-pyrrole nitrogens is 1. The Balaban J connectivity index is 1.03. The van der Waals surface area contributed by atoms with E-state index in [9.17, 15) is 22.8 Å². The highest BCUT2D eigenvalue weighted by Gasteiger charge is 2.26. The van der Waals surface area contributed by atoms with Gasteiger partial charge in [-0.3, -0.25) is 9.78 Å². The van der Waals surface area contributed by atoms with Crippen LogP contribution in [0.2, 0.25) is 0 Å². The van der Waals surface area contributed by atoms with Crippen LogP contribution < -0.4 is 16.0 Å². The number of ether oxygens (including phenoxy) is 1. The van der Waals surface area contributed by atoms with Crippen LogP contribution in [0.3, 0.4) is 0 Å². The molecular formula is C32H29F3N8O3. The number of carbonyl (C=O) groups excluding carboxylic acids is 2. The van der Waals surface area contributed by atoms with Crippen molar-refractivity contribution in [2.75, 3.05) is 5.32 Å². The van der Waals surface area contributed by atoms with Gasteiger partial charge in [0, 0.05) is 42.0 Å². The summed E-state index contributed by atoms with van der Waals surface area (Å²) in [7, 11) is 0. The van der Waals surface area contributed by atoms with Crippen LogP contribution in [-0.2, 0) is 17.9 Å². The van der Waals surface area contributed by atoms with Gasteiger partial charge in [-0.25, -0.2) is 32.9 Å². The number of hydrogen-bond acceptors (Lipinski definition) is 8. The highest BCUT2D eigenvalue weighted by molar-refractivity contribution is 5.93. The summed E-state index contributed by atoms with van der Waals surface area (Å²) in [6.07, 6.45) is 7.28. The van der Waals surface area contributed by atoms with Crippen molar-refractivity contribution in [2.24, 2.45) is 0 Å². The van der Waals surface area contributed by atoms with Gasteiger partial charge in [-0.15, -0.1) is 0 Å². The number of hydrogen-bond donors (Lipinski definition) is 4. The van der Waals surface area contributed by atoms with Gasteiger partial charge in [-0.05, 0) is 67.1 Å². The molecule has 11 nitrogen and oxygen atoms in total. The summed E-state index contributed by atoms with van der Waals surface area (Å²) < 4.78 is 47.1. The van der Waals surface area contributed by atoms with Crippen molar-refractivity contribution in [3.05, 3.63) is 102 Å². The first-order chi connectivity index (χ1) is 22.3. The second-order valence-electron chi connectivity index (χ2n) is 10.9. The number of nitrogens with zero attached hydrogens (tertiary/aromatic N) is 4. The molecule has 5 aromatic rings. The molecule has 4 aromatic heterocycles. The van der Waals surface area contributed by atoms with E-state index in [0.29, 0.717) is 34.1 Å². The van der Waals surface area contributed by atoms with Gasteiger partial charge in [0.05, 0.1) is 12.4 Å². The minimum absolute atomic E-state index is 0.00928. The minimum atomic E-state index is -0.688. The quantitative estimate of drug-likeness (QED) is 0.169. The number of fused-ring (bicyclic) bond motifs is 1. The summed E-state index contributed by atoms with van der Waals surface area (Å²) in [5, 5.41) is 9.17. The summed E-state index contributed by atoms with van der Waals surface area (Å²) in [5.74, 6) is -1.72. The Hall–Kier alpha value is -5.53. The summed E-state index contributed by atoms with van der Waals surface area (Å²) in [5.41, 5.74) is 2.26. The van der Waals surface area contributed by atoms with Crippen molar-refractivity contribution in [1.82, 2.24) is 35.6 Å². The lowest BCUT2D eigenvalue weighted by atomic mass is 9.91. The van der Waals surface area contributed by atoms with Crippen LogP contribution in [0.5, 0.6) is 0 Å². The molecule has 4 heterocycles. The summed E-state index contributed by atoms with van der Waals surface area (Å²) in [6.45, 7) is 0.00951. The second-order valence-corrected chi connectivity index (χ2v) is 10.9. The monoisotopic (exact) mass is 630 g/mol. The zero-order valence-electron chi connectivity index (χ0n) is 24.4. The van der Waals surface area contributed by atoms with E-state index in [2.05, 4.69) is 40.9 Å². The maximum absolute atomic E-state index is 14.8. The lowest BCUT2D eigenvalue weighted by Gasteiger charge is -2.30. The number of aromatic amines is 1. The van der Waals surface area contributed by atoms with E-state index >= 15 is 0 Å². The molecule has 236 valence electrons. The smallest absolute Gasteiger partial charge is 0.407 e. The van der Waals surface area contributed by atoms with Gasteiger partial charge in [0.2, 0.25) is 0 Å². The van der Waals surface area contributed by atoms with Gasteiger partial charge in [0.1, 0.15) is 29.6 Å². The number of nitrogens with one attached hydrogen (secondary N) is 4. The molecular weight excluding hydrogens is 601 g/mol. The van der Waals surface area contributed by atoms with E-state index in [4.69, 9.17) is 4.74 Å². The van der Waals surface area contributed by atoms with Crippen molar-refractivity contribution < 1.29 is 27.5 Å². The van der Waals surface area contributed by atoms with Crippen LogP contribution in [0, 0.1) is 17.5 Å². The maximum atomic E-state index is 14.8. The molecule has 6 rings (SSSR count). The number of alkyl carbamates (subject to hydrolysis) is 1. The largest absolute Gasteiger partial charge is 0.445 e. The Morgan fingerprint density at radius 3 is 2.70 bits per heavy atom. The molecule has 0 radical (unpaired) electrons. The van der Waals surface area contributed by atoms with Gasteiger partial charge < -0.3 is 25.7 Å². The fraction of sp³-hybridized carbons (Fsp3) is 0.250. The fourth-order valence-corrected chi connectivity index (χ4v) is 5.37. The Bertz CT molecular complexity index is 1890. The maximum Gasteiger partial charge on any atom is 0.407 e. The first-order valence-electron chi connectivity index (χ1n) is 14.6. The predicted molar refractivity (Wildman–Crippen MR) is 162 cm³/mol. The molecule has 1 aliphatic carbocycles. The van der Waals surface area contributed by atoms with Crippen molar-refractivity contribution in [1.29, 1.82) is 0 Å². The normalized spacial score (nSPS) is 16.2. The Morgan fingerprint density at radius 1 is 0.957 bits per heavy atom. The van der Waals surface area contributed by atoms with E-state index < -0.39 is 29.5 Å². The van der Waals surface area contributed by atoms with E-state index in [1.807, 2.05) is 0 Å². The van der Waals surface area contributed by atoms with Crippen molar-refractivity contribution in [3.8, 4) is 11.4 Å². The molecule has 14 heteroatoms. The van der Waals surface area contributed by atoms with Crippen LogP contribution >= 0.6 is 0 Å². The molecule has 1 saturated carbocycles. The van der Waals surface area contributed by atoms with Crippen LogP contribution in [0.25, 0.3) is 22.4 Å². The average Bonchev–Trinajstić information content (AvgIpc) is 3.47. The highest BCUT2D eigenvalue weighted by Crippen LogP contribution is 2.28. The number of amides is 2. The zero-order valence-corrected chi connectivity index (χ0v) is 24.4. The molecule has 0 aliphatic heterocycles. The third kappa shape index (κ3) is 7.39. The Kier molecular flexibility index (Phi) is 9.03. The zero-order chi connectivity index (χ0) is 32.0. The molecule has 0 saturated heterocycles. The lowest BCUT2D eigenvalue weighted by molar-refractivity contribution is 0.0921. The number of rotatable bonds is 9. The first kappa shape index (κ1) is 30.5. The first-order valence-corrected chi connectivity index (χ1v) is 14.6. The fourth-order valence-electron chi connectivity index (χ4n) is 5.37. The third-order valence-corrected chi connectivity index (χ3v) is 7.59. The van der Waals surface area contributed by atoms with Gasteiger partial charge in [-0.2, -0.15) is 0 Å². The Morgan fingerprint density at radius 2 is 1.83 bits per heavy atom. The van der Waals surface area contributed by atoms with Crippen LogP contribution in [0.4, 0.5) is 23.8 Å². The summed E-state index contributed by atoms with van der Waals surface area (Å²) in [4.78, 5) is 44.7. The molecule has 2 atom stereocenters. The molecule has 0 bridgehead atoms. The van der Waals surface area contributed by atoms with Crippen molar-refractivity contribution >= 4 is 28.9 Å². The van der Waals surface area contributed by atoms with Crippen molar-refractivity contribution in [2.45, 2.75) is 50.9 Å². The van der Waals surface area contributed by atoms with E-state index in [-0.39, 0.29) is 42.6 Å². The van der Waals surface area contributed by atoms with Crippen molar-refractivity contribution in [3.63, 3.8) is 0 Å². The number of pyridine rings is 2. The molecule has 4 N–H and O–H groups in total. The average molecular weight is 631 g/mol. The molecule has 0 spiro atoms. The Labute approximate surface area is 261 Å². The summed E-state index contributed by atoms with van der Waals surface area (Å²) in [6, 6.07) is 9.95. The SMILES string of the molecule is O=C(NCc1cccc(F)c1)OCc1ccnc(C(=O)N[C@H]2CCC[C@@H](Nc3nc(-c4c[nH]c5ncc(F)cc45)ncc3F)C2)c1. The van der Waals surface area contributed by atoms with Crippen LogP contribution in [-0.4, -0.2) is 49.0 Å². The number of anilines is 1. The van der Waals surface area contributed by atoms with E-state index in [0.717, 1.165) is 31.7 Å². The van der Waals surface area contributed by atoms with Gasteiger partial charge in [-0.1, -0.05) is 12.1 Å². The second kappa shape index (κ2) is 13.6. The lowest BCUT2D eigenvalue weighted by Crippen LogP contribution is -2.42. The molecule has 1 aliphatic rings. The van der Waals surface area contributed by atoms with Gasteiger partial charge in [0.15, 0.2) is 17.5 Å². The predicted octanol–water partition coefficient (Wildman–Crippen LogP) is 5.41. The van der Waals surface area contributed by atoms with E-state index in [1.165, 1.54) is 30.5 Å². The number of carbonyl (C=O) groups is 2. The molecule has 0 unspecified atom stereocenters. The topological polar surface area (TPSA) is 147 Å². The molecule has 46 heavy (non-hydrogen) atoms. The summed E-state index contributed by atoms with van der Waals surface area (Å²) >= 11 is 0. The number of benzene rings is 1. The molecule has 2 amide bonds. The van der Waals surface area contributed by atoms with Gasteiger partial charge >= 0.3 is 6.09 Å². The van der Waals surface area contributed by atoms with E-state index in [1.54, 1.807) is 24.4 Å². The highest BCUT2D eigenvalue weighted by atomic mass is 19.1. The third-order valence-electron chi connectivity index (χ3n) is 7.59. The number of halogens is 3. The van der Waals surface area contributed by atoms with Gasteiger partial charge in [0.25, 0.3) is 5.91 Å².